The normalized spacial score (nSPS) is 10.9. The van der Waals surface area contributed by atoms with E-state index in [0.717, 1.165) is 4.73 Å². The summed E-state index contributed by atoms with van der Waals surface area (Å²) in [4.78, 5) is 15.7. The molecule has 0 radical (unpaired) electrons. The number of rotatable bonds is 2. The Balaban J connectivity index is 2.20. The minimum atomic E-state index is -0.354. The van der Waals surface area contributed by atoms with E-state index in [4.69, 9.17) is 0 Å². The van der Waals surface area contributed by atoms with Gasteiger partial charge in [-0.05, 0) is 49.4 Å². The summed E-state index contributed by atoms with van der Waals surface area (Å²) in [7, 11) is 0. The van der Waals surface area contributed by atoms with Gasteiger partial charge in [-0.15, -0.1) is 0 Å². The number of fused-ring (bicyclic) bond motifs is 1. The lowest BCUT2D eigenvalue weighted by atomic mass is 10.1. The van der Waals surface area contributed by atoms with E-state index in [1.807, 2.05) is 0 Å². The number of Topliss-reactive ketones (excluding diaryl/α,β-unsaturated/α-hetero) is 1. The molecule has 1 N–H and O–H groups in total. The van der Waals surface area contributed by atoms with Crippen LogP contribution in [0, 0.1) is 5.82 Å². The number of nitrogens with zero attached hydrogens (tertiary/aromatic N) is 2. The van der Waals surface area contributed by atoms with Crippen LogP contribution < -0.4 is 0 Å². The summed E-state index contributed by atoms with van der Waals surface area (Å²) in [6.07, 6.45) is 0. The molecule has 0 unspecified atom stereocenters. The fourth-order valence-corrected chi connectivity index (χ4v) is 2.07. The van der Waals surface area contributed by atoms with Gasteiger partial charge in [0.1, 0.15) is 11.3 Å². The van der Waals surface area contributed by atoms with Gasteiger partial charge in [-0.1, -0.05) is 0 Å². The number of imidazole rings is 1. The van der Waals surface area contributed by atoms with Crippen LogP contribution in [0.1, 0.15) is 17.3 Å². The second kappa shape index (κ2) is 4.45. The van der Waals surface area contributed by atoms with E-state index >= 15 is 0 Å². The Kier molecular flexibility index (Phi) is 2.75. The Morgan fingerprint density at radius 1 is 1.20 bits per heavy atom. The third-order valence-corrected chi connectivity index (χ3v) is 3.14. The van der Waals surface area contributed by atoms with Gasteiger partial charge in [-0.25, -0.2) is 9.37 Å². The van der Waals surface area contributed by atoms with Crippen LogP contribution in [0.3, 0.4) is 0 Å². The van der Waals surface area contributed by atoms with Gasteiger partial charge < -0.3 is 5.21 Å². The average Bonchev–Trinajstić information content (AvgIpc) is 2.76. The molecule has 0 aliphatic rings. The minimum Gasteiger partial charge on any atom is -0.426 e. The molecule has 3 rings (SSSR count). The van der Waals surface area contributed by atoms with Gasteiger partial charge in [0.25, 0.3) is 0 Å². The molecular formula is C15H11FN2O2. The molecule has 100 valence electrons. The maximum Gasteiger partial charge on any atom is 0.176 e. The summed E-state index contributed by atoms with van der Waals surface area (Å²) in [6, 6.07) is 10.6. The third-order valence-electron chi connectivity index (χ3n) is 3.14. The molecule has 0 fully saturated rings. The summed E-state index contributed by atoms with van der Waals surface area (Å²) in [5.74, 6) is -0.134. The summed E-state index contributed by atoms with van der Waals surface area (Å²) >= 11 is 0. The maximum absolute atomic E-state index is 12.9. The molecule has 0 aliphatic heterocycles. The van der Waals surface area contributed by atoms with Crippen molar-refractivity contribution < 1.29 is 14.4 Å². The van der Waals surface area contributed by atoms with Crippen molar-refractivity contribution in [1.82, 2.24) is 9.71 Å². The highest BCUT2D eigenvalue weighted by Crippen LogP contribution is 2.24. The lowest BCUT2D eigenvalue weighted by molar-refractivity contribution is 0.101. The predicted octanol–water partition coefficient (Wildman–Crippen LogP) is 3.28. The van der Waals surface area contributed by atoms with E-state index < -0.39 is 0 Å². The number of aromatic nitrogens is 2. The summed E-state index contributed by atoms with van der Waals surface area (Å²) in [5, 5.41) is 10.2. The molecule has 5 heteroatoms. The predicted molar refractivity (Wildman–Crippen MR) is 72.3 cm³/mol. The van der Waals surface area contributed by atoms with E-state index in [2.05, 4.69) is 4.98 Å². The van der Waals surface area contributed by atoms with Crippen LogP contribution in [0.4, 0.5) is 4.39 Å². The first-order valence-corrected chi connectivity index (χ1v) is 6.05. The summed E-state index contributed by atoms with van der Waals surface area (Å²) in [5.41, 5.74) is 2.10. The molecule has 3 aromatic rings. The molecule has 4 nitrogen and oxygen atoms in total. The zero-order valence-electron chi connectivity index (χ0n) is 10.7. The molecule has 1 aromatic heterocycles. The molecule has 0 spiro atoms. The number of hydrogen-bond donors (Lipinski definition) is 1. The Morgan fingerprint density at radius 2 is 1.90 bits per heavy atom. The number of hydrogen-bond acceptors (Lipinski definition) is 3. The van der Waals surface area contributed by atoms with Gasteiger partial charge in [0.15, 0.2) is 11.6 Å². The standard InChI is InChI=1S/C15H11FN2O2/c1-9(19)11-4-7-13-14(8-11)18(20)15(17-13)10-2-5-12(16)6-3-10/h2-8,20H,1H3. The van der Waals surface area contributed by atoms with Crippen LogP contribution in [0.2, 0.25) is 0 Å². The Hall–Kier alpha value is -2.69. The number of ketones is 1. The van der Waals surface area contributed by atoms with Gasteiger partial charge in [-0.2, -0.15) is 4.73 Å². The van der Waals surface area contributed by atoms with Gasteiger partial charge in [0, 0.05) is 11.1 Å². The number of carbonyl (C=O) groups is 1. The van der Waals surface area contributed by atoms with Crippen molar-refractivity contribution in [2.45, 2.75) is 6.92 Å². The van der Waals surface area contributed by atoms with E-state index in [-0.39, 0.29) is 11.6 Å². The van der Waals surface area contributed by atoms with E-state index in [1.165, 1.54) is 31.2 Å². The first-order chi connectivity index (χ1) is 9.56. The van der Waals surface area contributed by atoms with Crippen LogP contribution >= 0.6 is 0 Å². The SMILES string of the molecule is CC(=O)c1ccc2nc(-c3ccc(F)cc3)n(O)c2c1. The molecular weight excluding hydrogens is 259 g/mol. The zero-order chi connectivity index (χ0) is 14.3. The number of halogens is 1. The molecule has 1 heterocycles. The van der Waals surface area contributed by atoms with Gasteiger partial charge in [0.05, 0.1) is 5.52 Å². The number of carbonyl (C=O) groups excluding carboxylic acids is 1. The van der Waals surface area contributed by atoms with Gasteiger partial charge >= 0.3 is 0 Å². The van der Waals surface area contributed by atoms with E-state index in [9.17, 15) is 14.4 Å². The Labute approximate surface area is 114 Å². The quantitative estimate of drug-likeness (QED) is 0.574. The van der Waals surface area contributed by atoms with Crippen molar-refractivity contribution >= 4 is 16.8 Å². The highest BCUT2D eigenvalue weighted by atomic mass is 19.1. The van der Waals surface area contributed by atoms with Crippen molar-refractivity contribution in [3.05, 3.63) is 53.8 Å². The average molecular weight is 270 g/mol. The molecule has 0 aliphatic carbocycles. The second-order valence-corrected chi connectivity index (χ2v) is 4.51. The largest absolute Gasteiger partial charge is 0.426 e. The van der Waals surface area contributed by atoms with Crippen molar-refractivity contribution in [3.63, 3.8) is 0 Å². The van der Waals surface area contributed by atoms with Crippen molar-refractivity contribution in [2.24, 2.45) is 0 Å². The molecule has 2 aromatic carbocycles. The third kappa shape index (κ3) is 1.93. The first kappa shape index (κ1) is 12.3. The molecule has 0 amide bonds. The fraction of sp³-hybridized carbons (Fsp3) is 0.0667. The van der Waals surface area contributed by atoms with Crippen LogP contribution in [0.15, 0.2) is 42.5 Å². The Morgan fingerprint density at radius 3 is 2.55 bits per heavy atom. The van der Waals surface area contributed by atoms with Crippen molar-refractivity contribution in [1.29, 1.82) is 0 Å². The van der Waals surface area contributed by atoms with Crippen molar-refractivity contribution in [2.75, 3.05) is 0 Å². The van der Waals surface area contributed by atoms with E-state index in [0.29, 0.717) is 28.0 Å². The fourth-order valence-electron chi connectivity index (χ4n) is 2.07. The zero-order valence-corrected chi connectivity index (χ0v) is 10.7. The monoisotopic (exact) mass is 270 g/mol. The van der Waals surface area contributed by atoms with Gasteiger partial charge in [-0.3, -0.25) is 4.79 Å². The summed E-state index contributed by atoms with van der Waals surface area (Å²) in [6.45, 7) is 1.46. The maximum atomic E-state index is 12.9. The smallest absolute Gasteiger partial charge is 0.176 e. The molecule has 0 atom stereocenters. The van der Waals surface area contributed by atoms with Crippen molar-refractivity contribution in [3.8, 4) is 11.4 Å². The number of benzene rings is 2. The second-order valence-electron chi connectivity index (χ2n) is 4.51. The first-order valence-electron chi connectivity index (χ1n) is 6.05. The highest BCUT2D eigenvalue weighted by molar-refractivity contribution is 5.97. The topological polar surface area (TPSA) is 55.1 Å². The molecule has 0 bridgehead atoms. The summed E-state index contributed by atoms with van der Waals surface area (Å²) < 4.78 is 13.8. The lowest BCUT2D eigenvalue weighted by Crippen LogP contribution is -1.96. The van der Waals surface area contributed by atoms with Gasteiger partial charge in [0.2, 0.25) is 0 Å². The van der Waals surface area contributed by atoms with Crippen LogP contribution in [-0.2, 0) is 0 Å². The molecule has 0 saturated heterocycles. The highest BCUT2D eigenvalue weighted by Gasteiger charge is 2.13. The van der Waals surface area contributed by atoms with Crippen LogP contribution in [0.25, 0.3) is 22.4 Å². The molecule has 0 saturated carbocycles. The molecule has 20 heavy (non-hydrogen) atoms. The minimum absolute atomic E-state index is 0.0866. The lowest BCUT2D eigenvalue weighted by Gasteiger charge is -2.01. The van der Waals surface area contributed by atoms with E-state index in [1.54, 1.807) is 18.2 Å². The van der Waals surface area contributed by atoms with Crippen LogP contribution in [0.5, 0.6) is 0 Å². The van der Waals surface area contributed by atoms with Crippen LogP contribution in [-0.4, -0.2) is 20.7 Å². The Bertz CT molecular complexity index is 807.